The predicted molar refractivity (Wildman–Crippen MR) is 143 cm³/mol. The quantitative estimate of drug-likeness (QED) is 0.170. The minimum Gasteiger partial charge on any atom is -0.507 e. The maximum atomic E-state index is 13.4. The topological polar surface area (TPSA) is 135 Å². The molecule has 1 fully saturated rings. The number of ether oxygens (including phenoxy) is 3. The highest BCUT2D eigenvalue weighted by molar-refractivity contribution is 9.10. The van der Waals surface area contributed by atoms with E-state index in [1.807, 2.05) is 6.92 Å². The molecule has 12 heteroatoms. The number of phenols is 1. The van der Waals surface area contributed by atoms with Gasteiger partial charge in [-0.15, -0.1) is 0 Å². The number of amides is 1. The van der Waals surface area contributed by atoms with Crippen molar-refractivity contribution in [3.05, 3.63) is 68.1 Å². The number of thiazole rings is 1. The Balaban J connectivity index is 1.98. The standard InChI is InChI=1S/C26H23BrN2O8S/c1-5-37-15-8-6-7-13(9-15)20(30)18-19(14-10-16(27)21(31)17(11-14)35-3)29(24(33)22(18)32)26-28-12(2)23(38-26)25(34)36-4/h6-11,19,30-31H,5H2,1-4H3. The number of hydrogen-bond acceptors (Lipinski definition) is 10. The van der Waals surface area contributed by atoms with E-state index < -0.39 is 29.5 Å². The average molecular weight is 603 g/mol. The number of carbonyl (C=O) groups excluding carboxylic acids is 3. The summed E-state index contributed by atoms with van der Waals surface area (Å²) in [5.41, 5.74) is 0.692. The van der Waals surface area contributed by atoms with Gasteiger partial charge >= 0.3 is 11.9 Å². The molecule has 4 rings (SSSR count). The van der Waals surface area contributed by atoms with E-state index in [0.29, 0.717) is 23.6 Å². The lowest BCUT2D eigenvalue weighted by Gasteiger charge is -2.24. The third-order valence-corrected chi connectivity index (χ3v) is 7.55. The molecule has 2 heterocycles. The lowest BCUT2D eigenvalue weighted by Crippen LogP contribution is -2.29. The van der Waals surface area contributed by atoms with E-state index in [1.165, 1.54) is 26.4 Å². The molecule has 0 spiro atoms. The number of Topliss-reactive ketones (excluding diaryl/α,β-unsaturated/α-hetero) is 1. The number of benzene rings is 2. The van der Waals surface area contributed by atoms with Gasteiger partial charge in [0.1, 0.15) is 16.4 Å². The molecule has 2 aromatic carbocycles. The highest BCUT2D eigenvalue weighted by Crippen LogP contribution is 2.47. The smallest absolute Gasteiger partial charge is 0.350 e. The van der Waals surface area contributed by atoms with Crippen LogP contribution < -0.4 is 14.4 Å². The zero-order chi connectivity index (χ0) is 27.7. The Hall–Kier alpha value is -3.90. The number of esters is 1. The summed E-state index contributed by atoms with van der Waals surface area (Å²) < 4.78 is 15.8. The first-order chi connectivity index (χ1) is 18.1. The first kappa shape index (κ1) is 27.1. The highest BCUT2D eigenvalue weighted by Gasteiger charge is 2.49. The van der Waals surface area contributed by atoms with Crippen molar-refractivity contribution in [1.29, 1.82) is 0 Å². The maximum Gasteiger partial charge on any atom is 0.350 e. The molecule has 1 atom stereocenters. The Labute approximate surface area is 230 Å². The van der Waals surface area contributed by atoms with Gasteiger partial charge in [-0.05, 0) is 59.6 Å². The zero-order valence-corrected chi connectivity index (χ0v) is 23.2. The van der Waals surface area contributed by atoms with Crippen molar-refractivity contribution in [2.75, 3.05) is 25.7 Å². The molecule has 198 valence electrons. The molecule has 1 saturated heterocycles. The summed E-state index contributed by atoms with van der Waals surface area (Å²) >= 11 is 4.16. The molecular weight excluding hydrogens is 580 g/mol. The van der Waals surface area contributed by atoms with Crippen LogP contribution in [0.25, 0.3) is 5.76 Å². The van der Waals surface area contributed by atoms with Crippen LogP contribution in [0.4, 0.5) is 5.13 Å². The van der Waals surface area contributed by atoms with Crippen LogP contribution in [-0.2, 0) is 14.3 Å². The van der Waals surface area contributed by atoms with Gasteiger partial charge in [0, 0.05) is 5.56 Å². The number of halogens is 1. The molecule has 1 amide bonds. The van der Waals surface area contributed by atoms with Crippen LogP contribution in [0.2, 0.25) is 0 Å². The summed E-state index contributed by atoms with van der Waals surface area (Å²) in [5.74, 6) is -2.62. The van der Waals surface area contributed by atoms with E-state index in [2.05, 4.69) is 20.9 Å². The van der Waals surface area contributed by atoms with Gasteiger partial charge in [0.05, 0.1) is 42.6 Å². The summed E-state index contributed by atoms with van der Waals surface area (Å²) in [6.07, 6.45) is 0. The third kappa shape index (κ3) is 4.72. The second kappa shape index (κ2) is 10.8. The normalized spacial score (nSPS) is 16.6. The van der Waals surface area contributed by atoms with Gasteiger partial charge in [0.15, 0.2) is 16.6 Å². The van der Waals surface area contributed by atoms with E-state index in [1.54, 1.807) is 31.2 Å². The van der Waals surface area contributed by atoms with Crippen molar-refractivity contribution in [1.82, 2.24) is 4.98 Å². The van der Waals surface area contributed by atoms with Gasteiger partial charge < -0.3 is 24.4 Å². The van der Waals surface area contributed by atoms with Crippen LogP contribution in [0.5, 0.6) is 17.2 Å². The Morgan fingerprint density at radius 2 is 1.95 bits per heavy atom. The van der Waals surface area contributed by atoms with Gasteiger partial charge in [0.2, 0.25) is 0 Å². The van der Waals surface area contributed by atoms with Gasteiger partial charge in [-0.1, -0.05) is 23.5 Å². The average Bonchev–Trinajstić information content (AvgIpc) is 3.41. The largest absolute Gasteiger partial charge is 0.507 e. The Kier molecular flexibility index (Phi) is 7.74. The fourth-order valence-electron chi connectivity index (χ4n) is 4.08. The number of aromatic nitrogens is 1. The van der Waals surface area contributed by atoms with Crippen molar-refractivity contribution in [3.63, 3.8) is 0 Å². The summed E-state index contributed by atoms with van der Waals surface area (Å²) in [4.78, 5) is 44.8. The molecular formula is C26H23BrN2O8S. The van der Waals surface area contributed by atoms with Crippen LogP contribution >= 0.6 is 27.3 Å². The second-order valence-electron chi connectivity index (χ2n) is 8.09. The van der Waals surface area contributed by atoms with E-state index in [4.69, 9.17) is 14.2 Å². The fourth-order valence-corrected chi connectivity index (χ4v) is 5.55. The Bertz CT molecular complexity index is 1480. The lowest BCUT2D eigenvalue weighted by molar-refractivity contribution is -0.132. The highest BCUT2D eigenvalue weighted by atomic mass is 79.9. The number of nitrogens with zero attached hydrogens (tertiary/aromatic N) is 2. The summed E-state index contributed by atoms with van der Waals surface area (Å²) in [6.45, 7) is 3.78. The number of aliphatic hydroxyl groups is 1. The Morgan fingerprint density at radius 3 is 2.61 bits per heavy atom. The number of ketones is 1. The number of hydrogen-bond donors (Lipinski definition) is 2. The van der Waals surface area contributed by atoms with Crippen molar-refractivity contribution < 1.29 is 38.8 Å². The number of phenolic OH excluding ortho intramolecular Hbond substituents is 1. The predicted octanol–water partition coefficient (Wildman–Crippen LogP) is 4.74. The van der Waals surface area contributed by atoms with Crippen molar-refractivity contribution in [2.24, 2.45) is 0 Å². The zero-order valence-electron chi connectivity index (χ0n) is 20.8. The molecule has 0 radical (unpaired) electrons. The second-order valence-corrected chi connectivity index (χ2v) is 9.92. The van der Waals surface area contributed by atoms with Gasteiger partial charge in [-0.3, -0.25) is 14.5 Å². The molecule has 0 saturated carbocycles. The Morgan fingerprint density at radius 1 is 1.21 bits per heavy atom. The van der Waals surface area contributed by atoms with Gasteiger partial charge in [-0.25, -0.2) is 9.78 Å². The van der Waals surface area contributed by atoms with Gasteiger partial charge in [0.25, 0.3) is 5.78 Å². The molecule has 1 aliphatic heterocycles. The monoisotopic (exact) mass is 602 g/mol. The van der Waals surface area contributed by atoms with E-state index >= 15 is 0 Å². The number of aryl methyl sites for hydroxylation is 1. The minimum atomic E-state index is -1.17. The van der Waals surface area contributed by atoms with Gasteiger partial charge in [-0.2, -0.15) is 0 Å². The number of anilines is 1. The molecule has 1 aromatic heterocycles. The van der Waals surface area contributed by atoms with Crippen molar-refractivity contribution in [2.45, 2.75) is 19.9 Å². The third-order valence-electron chi connectivity index (χ3n) is 5.81. The molecule has 0 bridgehead atoms. The number of aromatic hydroxyl groups is 1. The molecule has 1 aliphatic rings. The van der Waals surface area contributed by atoms with E-state index in [0.717, 1.165) is 16.2 Å². The van der Waals surface area contributed by atoms with Crippen LogP contribution in [0.15, 0.2) is 46.4 Å². The lowest BCUT2D eigenvalue weighted by atomic mass is 9.95. The minimum absolute atomic E-state index is 0.0558. The number of aliphatic hydroxyl groups excluding tert-OH is 1. The molecule has 10 nitrogen and oxygen atoms in total. The first-order valence-corrected chi connectivity index (χ1v) is 12.9. The number of methoxy groups -OCH3 is 2. The fraction of sp³-hybridized carbons (Fsp3) is 0.231. The van der Waals surface area contributed by atoms with Crippen molar-refractivity contribution >= 4 is 55.8 Å². The van der Waals surface area contributed by atoms with Crippen LogP contribution in [0, 0.1) is 6.92 Å². The maximum absolute atomic E-state index is 13.4. The summed E-state index contributed by atoms with van der Waals surface area (Å²) in [6, 6.07) is 8.27. The molecule has 38 heavy (non-hydrogen) atoms. The summed E-state index contributed by atoms with van der Waals surface area (Å²) in [5, 5.41) is 21.8. The number of carbonyl (C=O) groups is 3. The molecule has 0 aliphatic carbocycles. The SMILES string of the molecule is CCOc1cccc(C(O)=C2C(=O)C(=O)N(c3nc(C)c(C(=O)OC)s3)C2c2cc(Br)c(O)c(OC)c2)c1. The van der Waals surface area contributed by atoms with E-state index in [-0.39, 0.29) is 37.1 Å². The van der Waals surface area contributed by atoms with Crippen LogP contribution in [0.1, 0.15) is 39.5 Å². The van der Waals surface area contributed by atoms with Crippen molar-refractivity contribution in [3.8, 4) is 17.2 Å². The summed E-state index contributed by atoms with van der Waals surface area (Å²) in [7, 11) is 2.58. The molecule has 1 unspecified atom stereocenters. The first-order valence-electron chi connectivity index (χ1n) is 11.3. The molecule has 3 aromatic rings. The van der Waals surface area contributed by atoms with E-state index in [9.17, 15) is 24.6 Å². The van der Waals surface area contributed by atoms with Crippen LogP contribution in [-0.4, -0.2) is 53.7 Å². The number of rotatable bonds is 7. The van der Waals surface area contributed by atoms with Crippen LogP contribution in [0.3, 0.4) is 0 Å². The molecule has 2 N–H and O–H groups in total.